The lowest BCUT2D eigenvalue weighted by molar-refractivity contribution is -0.676. The van der Waals surface area contributed by atoms with Gasteiger partial charge in [0.2, 0.25) is 0 Å². The SMILES string of the molecule is CCn1c(CNC(=O)c2nc(Cl)c(N)nc2N)[n+](CC)c2cc(OCC(N)=O)c(C(=O)NC3CCN(C(=O)OC(C)(C)C)CC3)cc21. The molecule has 1 aliphatic rings. The zero-order valence-corrected chi connectivity index (χ0v) is 27.9. The van der Waals surface area contributed by atoms with Crippen LogP contribution in [0.1, 0.15) is 74.1 Å². The molecule has 254 valence electrons. The van der Waals surface area contributed by atoms with E-state index in [1.54, 1.807) is 17.0 Å². The Labute approximate surface area is 276 Å². The number of nitrogens with two attached hydrogens (primary N) is 3. The number of benzene rings is 1. The summed E-state index contributed by atoms with van der Waals surface area (Å²) >= 11 is 5.96. The molecular weight excluding hydrogens is 632 g/mol. The van der Waals surface area contributed by atoms with Crippen molar-refractivity contribution < 1.29 is 33.2 Å². The summed E-state index contributed by atoms with van der Waals surface area (Å²) in [7, 11) is 0. The van der Waals surface area contributed by atoms with Gasteiger partial charge in [0.05, 0.1) is 18.7 Å². The molecule has 0 unspecified atom stereocenters. The second-order valence-electron chi connectivity index (χ2n) is 12.0. The highest BCUT2D eigenvalue weighted by molar-refractivity contribution is 6.31. The van der Waals surface area contributed by atoms with E-state index >= 15 is 0 Å². The number of imidazole rings is 1. The van der Waals surface area contributed by atoms with Crippen molar-refractivity contribution in [2.45, 2.75) is 78.7 Å². The van der Waals surface area contributed by atoms with E-state index in [1.165, 1.54) is 0 Å². The Kier molecular flexibility index (Phi) is 10.6. The topological polar surface area (TPSA) is 227 Å². The number of anilines is 2. The van der Waals surface area contributed by atoms with Crippen LogP contribution in [0.4, 0.5) is 16.4 Å². The third-order valence-electron chi connectivity index (χ3n) is 7.54. The fourth-order valence-electron chi connectivity index (χ4n) is 5.40. The molecule has 16 nitrogen and oxygen atoms in total. The van der Waals surface area contributed by atoms with Crippen LogP contribution in [0.25, 0.3) is 11.0 Å². The number of ether oxygens (including phenoxy) is 2. The molecule has 0 bridgehead atoms. The maximum Gasteiger partial charge on any atom is 0.410 e. The van der Waals surface area contributed by atoms with Gasteiger partial charge < -0.3 is 42.2 Å². The van der Waals surface area contributed by atoms with E-state index in [9.17, 15) is 19.2 Å². The highest BCUT2D eigenvalue weighted by Crippen LogP contribution is 2.28. The van der Waals surface area contributed by atoms with Crippen molar-refractivity contribution in [1.29, 1.82) is 0 Å². The number of aryl methyl sites for hydroxylation is 2. The molecule has 0 saturated carbocycles. The van der Waals surface area contributed by atoms with E-state index in [2.05, 4.69) is 20.6 Å². The Morgan fingerprint density at radius 1 is 1.06 bits per heavy atom. The first kappa shape index (κ1) is 35.0. The molecule has 0 spiro atoms. The Balaban J connectivity index is 1.62. The second-order valence-corrected chi connectivity index (χ2v) is 12.4. The number of rotatable bonds is 10. The zero-order chi connectivity index (χ0) is 34.6. The first-order chi connectivity index (χ1) is 22.1. The first-order valence-electron chi connectivity index (χ1n) is 15.3. The molecule has 1 aromatic carbocycles. The molecule has 2 aromatic heterocycles. The maximum absolute atomic E-state index is 13.7. The summed E-state index contributed by atoms with van der Waals surface area (Å²) in [5.41, 5.74) is 17.7. The van der Waals surface area contributed by atoms with Crippen LogP contribution in [0.5, 0.6) is 5.75 Å². The van der Waals surface area contributed by atoms with Crippen molar-refractivity contribution in [2.24, 2.45) is 5.73 Å². The van der Waals surface area contributed by atoms with Gasteiger partial charge in [-0.2, -0.15) is 0 Å². The average Bonchev–Trinajstić information content (AvgIpc) is 3.30. The molecule has 0 radical (unpaired) electrons. The number of piperidine rings is 1. The van der Waals surface area contributed by atoms with E-state index in [0.717, 1.165) is 0 Å². The quantitative estimate of drug-likeness (QED) is 0.195. The maximum atomic E-state index is 13.7. The monoisotopic (exact) mass is 673 g/mol. The van der Waals surface area contributed by atoms with Gasteiger partial charge in [-0.3, -0.25) is 14.4 Å². The van der Waals surface area contributed by atoms with Gasteiger partial charge in [0.1, 0.15) is 17.9 Å². The molecule has 4 rings (SSSR count). The number of fused-ring (bicyclic) bond motifs is 1. The highest BCUT2D eigenvalue weighted by atomic mass is 35.5. The summed E-state index contributed by atoms with van der Waals surface area (Å²) in [6.07, 6.45) is 0.674. The molecule has 4 amide bonds. The number of carbonyl (C=O) groups is 4. The number of hydrogen-bond donors (Lipinski definition) is 5. The average molecular weight is 674 g/mol. The number of likely N-dealkylation sites (tertiary alicyclic amines) is 1. The predicted octanol–water partition coefficient (Wildman–Crippen LogP) is 1.50. The molecule has 1 saturated heterocycles. The van der Waals surface area contributed by atoms with Gasteiger partial charge in [-0.1, -0.05) is 11.6 Å². The van der Waals surface area contributed by atoms with Gasteiger partial charge in [-0.05, 0) is 47.5 Å². The Morgan fingerprint density at radius 2 is 1.74 bits per heavy atom. The summed E-state index contributed by atoms with van der Waals surface area (Å²) in [5.74, 6) is -1.07. The second kappa shape index (κ2) is 14.3. The van der Waals surface area contributed by atoms with Crippen molar-refractivity contribution in [3.05, 3.63) is 34.4 Å². The molecule has 0 aliphatic carbocycles. The highest BCUT2D eigenvalue weighted by Gasteiger charge is 2.31. The van der Waals surface area contributed by atoms with Gasteiger partial charge in [0.15, 0.2) is 40.1 Å². The van der Waals surface area contributed by atoms with Crippen LogP contribution in [-0.2, 0) is 29.2 Å². The Bertz CT molecular complexity index is 1690. The van der Waals surface area contributed by atoms with Crippen LogP contribution in [0, 0.1) is 0 Å². The minimum absolute atomic E-state index is 0.0630. The zero-order valence-electron chi connectivity index (χ0n) is 27.2. The van der Waals surface area contributed by atoms with E-state index < -0.39 is 29.9 Å². The van der Waals surface area contributed by atoms with Crippen molar-refractivity contribution in [2.75, 3.05) is 31.2 Å². The number of nitrogen functional groups attached to an aromatic ring is 2. The smallest absolute Gasteiger partial charge is 0.410 e. The summed E-state index contributed by atoms with van der Waals surface area (Å²) < 4.78 is 15.1. The molecule has 1 fully saturated rings. The number of aromatic nitrogens is 4. The lowest BCUT2D eigenvalue weighted by Crippen LogP contribution is -2.47. The molecule has 17 heteroatoms. The first-order valence-corrected chi connectivity index (χ1v) is 15.7. The third-order valence-corrected chi connectivity index (χ3v) is 7.82. The van der Waals surface area contributed by atoms with Crippen LogP contribution in [0.2, 0.25) is 5.15 Å². The number of nitrogens with zero attached hydrogens (tertiary/aromatic N) is 5. The lowest BCUT2D eigenvalue weighted by atomic mass is 10.0. The van der Waals surface area contributed by atoms with Gasteiger partial charge >= 0.3 is 6.09 Å². The Hall–Kier alpha value is -4.86. The number of nitrogens with one attached hydrogen (secondary N) is 2. The largest absolute Gasteiger partial charge is 0.483 e. The summed E-state index contributed by atoms with van der Waals surface area (Å²) in [6.45, 7) is 10.8. The van der Waals surface area contributed by atoms with E-state index in [1.807, 2.05) is 43.8 Å². The van der Waals surface area contributed by atoms with Crippen molar-refractivity contribution in [3.63, 3.8) is 0 Å². The molecule has 47 heavy (non-hydrogen) atoms. The van der Waals surface area contributed by atoms with Crippen LogP contribution in [0.15, 0.2) is 12.1 Å². The number of primary amides is 1. The van der Waals surface area contributed by atoms with E-state index in [-0.39, 0.29) is 52.5 Å². The van der Waals surface area contributed by atoms with Gasteiger partial charge in [-0.25, -0.2) is 23.9 Å². The van der Waals surface area contributed by atoms with Crippen molar-refractivity contribution in [3.8, 4) is 5.75 Å². The Morgan fingerprint density at radius 3 is 2.34 bits per heavy atom. The van der Waals surface area contributed by atoms with Gasteiger partial charge in [0, 0.05) is 31.3 Å². The molecule has 3 aromatic rings. The molecule has 1 aliphatic heterocycles. The fraction of sp³-hybridized carbons (Fsp3) is 0.500. The minimum atomic E-state index is -0.700. The van der Waals surface area contributed by atoms with Crippen LogP contribution < -0.4 is 37.1 Å². The van der Waals surface area contributed by atoms with Crippen LogP contribution >= 0.6 is 11.6 Å². The molecule has 8 N–H and O–H groups in total. The number of hydrogen-bond acceptors (Lipinski definition) is 10. The summed E-state index contributed by atoms with van der Waals surface area (Å²) in [4.78, 5) is 60.3. The van der Waals surface area contributed by atoms with Crippen molar-refractivity contribution in [1.82, 2.24) is 30.1 Å². The fourth-order valence-corrected chi connectivity index (χ4v) is 5.53. The minimum Gasteiger partial charge on any atom is -0.483 e. The molecular formula is C30H42ClN10O6+. The normalized spacial score (nSPS) is 13.8. The lowest BCUT2D eigenvalue weighted by Gasteiger charge is -2.33. The summed E-state index contributed by atoms with van der Waals surface area (Å²) in [6, 6.07) is 3.17. The van der Waals surface area contributed by atoms with Gasteiger partial charge in [-0.15, -0.1) is 0 Å². The number of amides is 4. The standard InChI is InChI=1S/C30H41ClN10O6/c1-6-40-18-12-17(27(43)36-16-8-10-39(11-9-16)29(45)47-30(3,4)5)20(46-15-21(32)42)13-19(18)41(7-2)22(40)14-35-28(44)23-25(33)38-26(34)24(31)37-23/h12-13,16H,6-11,14-15H2,1-5H3,(H7-,32,33,34,35,36,38,42,43,44)/p+1. The predicted molar refractivity (Wildman–Crippen MR) is 174 cm³/mol. The molecule has 0 atom stereocenters. The van der Waals surface area contributed by atoms with E-state index in [4.69, 9.17) is 38.3 Å². The number of carbonyl (C=O) groups excluding carboxylic acids is 4. The number of halogens is 1. The van der Waals surface area contributed by atoms with Gasteiger partial charge in [0.25, 0.3) is 23.5 Å². The van der Waals surface area contributed by atoms with Crippen LogP contribution in [-0.4, -0.2) is 74.6 Å². The summed E-state index contributed by atoms with van der Waals surface area (Å²) in [5, 5.41) is 5.72. The van der Waals surface area contributed by atoms with E-state index in [0.29, 0.717) is 55.9 Å². The van der Waals surface area contributed by atoms with Crippen LogP contribution in [0.3, 0.4) is 0 Å². The molecule has 3 heterocycles. The van der Waals surface area contributed by atoms with Crippen molar-refractivity contribution >= 4 is 58.1 Å². The third kappa shape index (κ3) is 8.11.